The van der Waals surface area contributed by atoms with Crippen LogP contribution in [-0.4, -0.2) is 39.2 Å². The molecule has 0 bridgehead atoms. The molecule has 0 aliphatic carbocycles. The van der Waals surface area contributed by atoms with E-state index >= 15 is 0 Å². The first-order valence-corrected chi connectivity index (χ1v) is 10.5. The summed E-state index contributed by atoms with van der Waals surface area (Å²) in [5, 5.41) is 4.13. The smallest absolute Gasteiger partial charge is 0.262 e. The minimum Gasteiger partial charge on any atom is -0.488 e. The van der Waals surface area contributed by atoms with Crippen LogP contribution in [0.1, 0.15) is 11.3 Å². The molecule has 0 amide bonds. The average Bonchev–Trinajstić information content (AvgIpc) is 3.52. The molecule has 1 aliphatic rings. The van der Waals surface area contributed by atoms with Gasteiger partial charge in [-0.05, 0) is 18.6 Å². The van der Waals surface area contributed by atoms with Crippen molar-refractivity contribution < 1.29 is 9.26 Å². The van der Waals surface area contributed by atoms with E-state index in [0.29, 0.717) is 11.7 Å². The second-order valence-corrected chi connectivity index (χ2v) is 7.99. The van der Waals surface area contributed by atoms with E-state index < -0.39 is 0 Å². The molecule has 1 unspecified atom stereocenters. The van der Waals surface area contributed by atoms with Crippen LogP contribution in [0.2, 0.25) is 0 Å². The van der Waals surface area contributed by atoms with Gasteiger partial charge in [-0.3, -0.25) is 9.88 Å². The Morgan fingerprint density at radius 2 is 1.97 bits per heavy atom. The van der Waals surface area contributed by atoms with Crippen LogP contribution in [0, 0.1) is 0 Å². The van der Waals surface area contributed by atoms with E-state index in [4.69, 9.17) is 9.26 Å². The van der Waals surface area contributed by atoms with Crippen molar-refractivity contribution >= 4 is 11.3 Å². The number of rotatable bonds is 6. The van der Waals surface area contributed by atoms with E-state index in [1.54, 1.807) is 11.3 Å². The summed E-state index contributed by atoms with van der Waals surface area (Å²) in [6, 6.07) is 17.7. The molecule has 0 spiro atoms. The molecule has 4 aromatic rings. The van der Waals surface area contributed by atoms with E-state index in [9.17, 15) is 0 Å². The Hall–Kier alpha value is -3.03. The van der Waals surface area contributed by atoms with E-state index in [1.165, 1.54) is 4.88 Å². The second-order valence-electron chi connectivity index (χ2n) is 7.02. The lowest BCUT2D eigenvalue weighted by atomic mass is 10.2. The van der Waals surface area contributed by atoms with Crippen molar-refractivity contribution in [2.45, 2.75) is 19.1 Å². The molecular formula is C22H20N4O2S. The molecule has 7 heteroatoms. The maximum atomic E-state index is 6.34. The lowest BCUT2D eigenvalue weighted by Crippen LogP contribution is -2.24. The minimum absolute atomic E-state index is 0.139. The third kappa shape index (κ3) is 4.06. The van der Waals surface area contributed by atoms with Crippen molar-refractivity contribution in [2.24, 2.45) is 0 Å². The summed E-state index contributed by atoms with van der Waals surface area (Å²) in [5.41, 5.74) is 3.63. The summed E-state index contributed by atoms with van der Waals surface area (Å²) in [5.74, 6) is 1.83. The summed E-state index contributed by atoms with van der Waals surface area (Å²) >= 11 is 1.69. The molecule has 5 rings (SSSR count). The minimum atomic E-state index is 0.139. The van der Waals surface area contributed by atoms with Crippen LogP contribution in [0.5, 0.6) is 5.75 Å². The van der Waals surface area contributed by atoms with Crippen LogP contribution in [0.25, 0.3) is 22.8 Å². The molecule has 0 N–H and O–H groups in total. The molecule has 6 nitrogen and oxygen atoms in total. The summed E-state index contributed by atoms with van der Waals surface area (Å²) < 4.78 is 11.9. The van der Waals surface area contributed by atoms with Gasteiger partial charge in [-0.2, -0.15) is 4.98 Å². The fourth-order valence-electron chi connectivity index (χ4n) is 3.54. The van der Waals surface area contributed by atoms with Crippen LogP contribution in [0.4, 0.5) is 0 Å². The number of hydrogen-bond acceptors (Lipinski definition) is 7. The van der Waals surface area contributed by atoms with Crippen LogP contribution >= 0.6 is 11.3 Å². The first kappa shape index (κ1) is 18.0. The Balaban J connectivity index is 1.31. The Morgan fingerprint density at radius 1 is 1.10 bits per heavy atom. The van der Waals surface area contributed by atoms with E-state index in [-0.39, 0.29) is 6.10 Å². The predicted octanol–water partition coefficient (Wildman–Crippen LogP) is 4.51. The van der Waals surface area contributed by atoms with Gasteiger partial charge in [-0.25, -0.2) is 0 Å². The summed E-state index contributed by atoms with van der Waals surface area (Å²) in [4.78, 5) is 12.4. The zero-order valence-corrected chi connectivity index (χ0v) is 16.6. The van der Waals surface area contributed by atoms with Gasteiger partial charge in [0.15, 0.2) is 0 Å². The first-order valence-electron chi connectivity index (χ1n) is 9.60. The largest absolute Gasteiger partial charge is 0.488 e. The van der Waals surface area contributed by atoms with Crippen LogP contribution in [0.3, 0.4) is 0 Å². The molecule has 0 saturated carbocycles. The Kier molecular flexibility index (Phi) is 5.06. The van der Waals surface area contributed by atoms with Gasteiger partial charge in [0.2, 0.25) is 5.82 Å². The molecule has 1 aliphatic heterocycles. The van der Waals surface area contributed by atoms with Gasteiger partial charge in [0, 0.05) is 36.3 Å². The number of likely N-dealkylation sites (tertiary alicyclic amines) is 1. The van der Waals surface area contributed by atoms with Gasteiger partial charge < -0.3 is 9.26 Å². The van der Waals surface area contributed by atoms with Crippen LogP contribution in [-0.2, 0) is 6.54 Å². The molecule has 29 heavy (non-hydrogen) atoms. The Morgan fingerprint density at radius 3 is 2.83 bits per heavy atom. The summed E-state index contributed by atoms with van der Waals surface area (Å²) in [6.07, 6.45) is 3.07. The van der Waals surface area contributed by atoms with Crippen molar-refractivity contribution in [1.29, 1.82) is 0 Å². The van der Waals surface area contributed by atoms with Gasteiger partial charge in [-0.15, -0.1) is 11.3 Å². The van der Waals surface area contributed by atoms with E-state index in [2.05, 4.69) is 20.0 Å². The van der Waals surface area contributed by atoms with Crippen molar-refractivity contribution in [3.05, 3.63) is 71.2 Å². The van der Waals surface area contributed by atoms with Gasteiger partial charge in [0.05, 0.1) is 11.1 Å². The quantitative estimate of drug-likeness (QED) is 0.471. The monoisotopic (exact) mass is 404 g/mol. The van der Waals surface area contributed by atoms with E-state index in [0.717, 1.165) is 42.9 Å². The Labute approximate surface area is 172 Å². The highest BCUT2D eigenvalue weighted by Crippen LogP contribution is 2.32. The molecule has 2 aromatic carbocycles. The highest BCUT2D eigenvalue weighted by molar-refractivity contribution is 7.09. The average molecular weight is 404 g/mol. The zero-order valence-electron chi connectivity index (χ0n) is 15.8. The highest BCUT2D eigenvalue weighted by atomic mass is 32.1. The number of benzene rings is 2. The maximum absolute atomic E-state index is 6.34. The standard InChI is InChI=1S/C22H20N4O2S/c1-2-6-16(7-3-1)21-24-22(28-25-21)19-8-4-5-9-20(19)27-17-10-11-26(13-17)14-18-12-23-15-29-18/h1-9,12,15,17H,10-11,13-14H2. The Bertz CT molecular complexity index is 1070. The predicted molar refractivity (Wildman–Crippen MR) is 112 cm³/mol. The summed E-state index contributed by atoms with van der Waals surface area (Å²) in [6.45, 7) is 2.84. The van der Waals surface area contributed by atoms with Crippen molar-refractivity contribution in [3.8, 4) is 28.6 Å². The third-order valence-electron chi connectivity index (χ3n) is 4.96. The fraction of sp³-hybridized carbons (Fsp3) is 0.227. The molecule has 2 aromatic heterocycles. The van der Waals surface area contributed by atoms with Crippen molar-refractivity contribution in [3.63, 3.8) is 0 Å². The number of aromatic nitrogens is 3. The molecule has 1 saturated heterocycles. The van der Waals surface area contributed by atoms with Crippen LogP contribution in [0.15, 0.2) is 70.8 Å². The molecule has 3 heterocycles. The van der Waals surface area contributed by atoms with Gasteiger partial charge >= 0.3 is 0 Å². The van der Waals surface area contributed by atoms with Crippen LogP contribution < -0.4 is 4.74 Å². The van der Waals surface area contributed by atoms with Gasteiger partial charge in [0.25, 0.3) is 5.89 Å². The summed E-state index contributed by atoms with van der Waals surface area (Å²) in [7, 11) is 0. The first-order chi connectivity index (χ1) is 14.3. The molecular weight excluding hydrogens is 384 g/mol. The number of ether oxygens (including phenoxy) is 1. The van der Waals surface area contributed by atoms with Gasteiger partial charge in [0.1, 0.15) is 11.9 Å². The molecule has 0 radical (unpaired) electrons. The lowest BCUT2D eigenvalue weighted by Gasteiger charge is -2.17. The molecule has 1 fully saturated rings. The molecule has 146 valence electrons. The number of para-hydroxylation sites is 1. The van der Waals surface area contributed by atoms with Crippen molar-refractivity contribution in [1.82, 2.24) is 20.0 Å². The number of nitrogens with zero attached hydrogens (tertiary/aromatic N) is 4. The number of thiazole rings is 1. The SMILES string of the molecule is c1ccc(-c2noc(-c3ccccc3OC3CCN(Cc4cncs4)C3)n2)cc1. The zero-order chi connectivity index (χ0) is 19.5. The lowest BCUT2D eigenvalue weighted by molar-refractivity contribution is 0.199. The maximum Gasteiger partial charge on any atom is 0.262 e. The van der Waals surface area contributed by atoms with Gasteiger partial charge in [-0.1, -0.05) is 47.6 Å². The topological polar surface area (TPSA) is 64.3 Å². The highest BCUT2D eigenvalue weighted by Gasteiger charge is 2.26. The second kappa shape index (κ2) is 8.14. The fourth-order valence-corrected chi connectivity index (χ4v) is 4.18. The number of hydrogen-bond donors (Lipinski definition) is 0. The van der Waals surface area contributed by atoms with E-state index in [1.807, 2.05) is 66.3 Å². The van der Waals surface area contributed by atoms with Crippen molar-refractivity contribution in [2.75, 3.05) is 13.1 Å². The normalized spacial score (nSPS) is 16.9. The molecule has 1 atom stereocenters. The third-order valence-corrected chi connectivity index (χ3v) is 5.73.